The highest BCUT2D eigenvalue weighted by molar-refractivity contribution is 7.99. The summed E-state index contributed by atoms with van der Waals surface area (Å²) in [6, 6.07) is -4.77. The first-order valence-electron chi connectivity index (χ1n) is 45.9. The summed E-state index contributed by atoms with van der Waals surface area (Å²) >= 11 is 3.11. The number of guanidine groups is 1. The number of fused-ring (bicyclic) bond motifs is 6. The number of unbranched alkanes of at least 4 members (excludes halogenated alkanes) is 1. The molecule has 3 heterocycles. The predicted octanol–water partition coefficient (Wildman–Crippen LogP) is -7.13. The Bertz CT molecular complexity index is 5130. The smallest absolute Gasteiger partial charge is 0.244 e. The zero-order chi connectivity index (χ0) is 104. The molecule has 0 radical (unpaired) electrons. The highest BCUT2D eigenvalue weighted by Gasteiger charge is 2.41. The van der Waals surface area contributed by atoms with Gasteiger partial charge in [0.1, 0.15) is 84.6 Å². The topological polar surface area (TPSA) is 811 Å². The maximum absolute atomic E-state index is 15.6. The Hall–Kier alpha value is -13.7. The minimum atomic E-state index is -2.03. The lowest BCUT2D eigenvalue weighted by atomic mass is 9.99. The third-order valence-corrected chi connectivity index (χ3v) is 25.6. The van der Waals surface area contributed by atoms with Gasteiger partial charge >= 0.3 is 0 Å². The molecule has 2 aliphatic rings. The average Bonchev–Trinajstić information content (AvgIpc) is 1.40. The van der Waals surface area contributed by atoms with Crippen molar-refractivity contribution in [3.8, 4) is 0 Å². The molecule has 0 saturated heterocycles. The molecule has 35 N–H and O–H groups in total. The summed E-state index contributed by atoms with van der Waals surface area (Å²) in [5, 5.41) is 52.0. The monoisotopic (exact) mass is 2020 g/mol. The third kappa shape index (κ3) is 40.2. The summed E-state index contributed by atoms with van der Waals surface area (Å²) in [4.78, 5) is 303. The van der Waals surface area contributed by atoms with Gasteiger partial charge in [-0.15, -0.1) is 0 Å². The number of nitrogens with two attached hydrogens (primary N) is 8. The maximum Gasteiger partial charge on any atom is 0.244 e. The average molecular weight is 2030 g/mol. The normalized spacial score (nSPS) is 23.4. The van der Waals surface area contributed by atoms with Gasteiger partial charge in [0.15, 0.2) is 5.96 Å². The van der Waals surface area contributed by atoms with Crippen molar-refractivity contribution >= 4 is 176 Å². The molecule has 772 valence electrons. The molecule has 15 atom stereocenters. The zero-order valence-electron chi connectivity index (χ0n) is 79.6. The quantitative estimate of drug-likeness (QED) is 0.0131. The summed E-state index contributed by atoms with van der Waals surface area (Å²) < 4.78 is 0. The first-order valence-corrected chi connectivity index (χ1v) is 49.4. The van der Waals surface area contributed by atoms with E-state index in [9.17, 15) is 76.7 Å². The van der Waals surface area contributed by atoms with Crippen molar-refractivity contribution in [1.29, 1.82) is 5.41 Å². The molecule has 4 aromatic rings. The van der Waals surface area contributed by atoms with Crippen LogP contribution in [0.3, 0.4) is 0 Å². The predicted molar refractivity (Wildman–Crippen MR) is 524 cm³/mol. The number of carbonyl (C=O) groups is 21. The molecule has 2 aliphatic heterocycles. The number of H-pyrrole nitrogens is 1. The molecule has 51 heteroatoms. The van der Waals surface area contributed by atoms with Crippen molar-refractivity contribution in [2.24, 2.45) is 63.6 Å². The minimum absolute atomic E-state index is 0.0246. The Labute approximate surface area is 826 Å². The minimum Gasteiger partial charge on any atom is -0.370 e. The van der Waals surface area contributed by atoms with Crippen LogP contribution in [0.4, 0.5) is 0 Å². The van der Waals surface area contributed by atoms with Crippen LogP contribution in [0.15, 0.2) is 79.0 Å². The van der Waals surface area contributed by atoms with E-state index in [1.165, 1.54) is 48.5 Å². The number of aromatic amines is 1. The molecule has 21 amide bonds. The van der Waals surface area contributed by atoms with Crippen LogP contribution in [0.1, 0.15) is 147 Å². The number of nitrogens with one attached hydrogen (secondary N) is 19. The van der Waals surface area contributed by atoms with Crippen molar-refractivity contribution in [3.63, 3.8) is 0 Å². The first kappa shape index (κ1) is 116. The molecule has 48 nitrogen and oxygen atoms in total. The lowest BCUT2D eigenvalue weighted by Gasteiger charge is -2.30. The van der Waals surface area contributed by atoms with E-state index >= 15 is 24.0 Å². The highest BCUT2D eigenvalue weighted by atomic mass is 32.2. The Morgan fingerprint density at radius 2 is 0.858 bits per heavy atom. The number of carbonyl (C=O) groups excluding carboxylic acids is 21. The molecule has 6 rings (SSSR count). The second-order valence-electron chi connectivity index (χ2n) is 35.2. The van der Waals surface area contributed by atoms with Gasteiger partial charge in [-0.05, 0) is 110 Å². The van der Waals surface area contributed by atoms with E-state index in [0.29, 0.717) is 45.1 Å². The van der Waals surface area contributed by atoms with E-state index < -0.39 is 296 Å². The van der Waals surface area contributed by atoms with E-state index in [4.69, 9.17) is 51.3 Å². The lowest BCUT2D eigenvalue weighted by molar-refractivity contribution is -0.137. The van der Waals surface area contributed by atoms with Crippen LogP contribution in [0.2, 0.25) is 0 Å². The molecular weight excluding hydrogens is 1890 g/mol. The Balaban J connectivity index is 1.61. The third-order valence-electron chi connectivity index (χ3n) is 22.3. The van der Waals surface area contributed by atoms with Gasteiger partial charge in [-0.25, -0.2) is 0 Å². The lowest BCUT2D eigenvalue weighted by Crippen LogP contribution is -2.62. The Morgan fingerprint density at radius 1 is 0.426 bits per heavy atom. The number of rotatable bonds is 30. The van der Waals surface area contributed by atoms with Crippen LogP contribution in [0, 0.1) is 23.2 Å². The number of hydrogen-bond donors (Lipinski definition) is 27. The van der Waals surface area contributed by atoms with Crippen LogP contribution >= 0.6 is 35.3 Å². The van der Waals surface area contributed by atoms with E-state index in [1.54, 1.807) is 79.0 Å². The van der Waals surface area contributed by atoms with Gasteiger partial charge in [0, 0.05) is 83.8 Å². The van der Waals surface area contributed by atoms with E-state index in [-0.39, 0.29) is 80.4 Å². The standard InChI is InChI=1S/C90H133N27O21S3/c1-44(2)72-87(136)107-58(23-25-67(94)119)81(130)117-74(46(5)6)89(138)111-62(34-69(96)121)84(133)114-65-43-141-40-51-29-49(28-50(30-51)39-140-42-64(112-75(124)47(7)92)86(135)109-60(32-52-35-101-54-19-12-11-18-53(52)54)82(131)106-57(80(129)116-72)22-24-66(93)118)38-139-41-63(77(126)102-36-70(97)122)113-78(127)55(20-13-14-26-91)104-71(123)37-103-76(125)59(31-48-16-9-8-10-17-48)108-83(132)61(33-68(95)120)110-88(137)73(45(3)4)115-79(128)56(105-85(65)134)21-15-27-100-90(98)99/h8-12,16-19,28-30,35,44-47,55-65,72-74,101H,13-15,20-27,31-34,36-43,91-92H2,1-7H3,(H2,93,118)(H2,94,119)(H2,95,120)(H2,96,121)(H2,97,122)(H,102,126)(H,103,125)(H,104,123)(H,105,134)(H,106,131)(H,107,136)(H,108,132)(H,109,135)(H,110,137)(H,111,138)(H,112,124)(H,113,127)(H,114,133)(H,115,128)(H,116,129)(H,117,130)(H4,98,99,100)/t47-,55+,56-,57-,58-,59-,60-,61-,62-,63-,64-,65-,72-,73-,74-/m0/s1. The van der Waals surface area contributed by atoms with Gasteiger partial charge in [0.2, 0.25) is 124 Å². The summed E-state index contributed by atoms with van der Waals surface area (Å²) in [5.74, 6) is -26.6. The second kappa shape index (κ2) is 58.4. The van der Waals surface area contributed by atoms with E-state index in [0.717, 1.165) is 35.3 Å². The van der Waals surface area contributed by atoms with Crippen molar-refractivity contribution in [2.45, 2.75) is 240 Å². The van der Waals surface area contributed by atoms with Gasteiger partial charge in [-0.3, -0.25) is 106 Å². The van der Waals surface area contributed by atoms with Crippen molar-refractivity contribution in [3.05, 3.63) is 107 Å². The number of amides is 21. The van der Waals surface area contributed by atoms with Gasteiger partial charge in [0.05, 0.1) is 32.0 Å². The Morgan fingerprint density at radius 3 is 1.36 bits per heavy atom. The molecular formula is C90H133N27O21S3. The van der Waals surface area contributed by atoms with Crippen molar-refractivity contribution < 1.29 is 101 Å². The number of benzene rings is 3. The van der Waals surface area contributed by atoms with E-state index in [2.05, 4.69) is 95.4 Å². The SMILES string of the molecule is CC(C)[C@@H]1NC(=O)[C@H](CCCNC(=N)N)NC(=O)[C@@H]2CSCc3cc(cc(c3)CSC[C@@H](C(=O)NCC(N)=O)NC(=O)[C@@H](CCCCN)NC(=O)CNC(=O)[C@H](Cc3ccccc3)NC(=O)[C@H](CC(N)=O)NC1=O)CSC[C@H](NC(=O)[C@H](C)N)C(=O)N[C@@H](Cc1c[nH]c3ccccc13)C(=O)N[C@@H](CCC(N)=O)C(=O)N[C@@H](C(C)C)C(=O)N[C@@H](CCC(N)=O)C(=O)N[C@@H](C(C)C)C(=O)N[C@@H](CC(N)=O)C(=O)N2. The summed E-state index contributed by atoms with van der Waals surface area (Å²) in [7, 11) is 0. The molecule has 0 unspecified atom stereocenters. The molecule has 141 heavy (non-hydrogen) atoms. The molecule has 0 spiro atoms. The summed E-state index contributed by atoms with van der Waals surface area (Å²) in [5.41, 5.74) is 48.8. The van der Waals surface area contributed by atoms with E-state index in [1.807, 2.05) is 0 Å². The summed E-state index contributed by atoms with van der Waals surface area (Å²) in [6.45, 7) is 8.70. The molecule has 0 fully saturated rings. The van der Waals surface area contributed by atoms with Crippen molar-refractivity contribution in [1.82, 2.24) is 95.4 Å². The van der Waals surface area contributed by atoms with Crippen LogP contribution in [-0.4, -0.2) is 269 Å². The number of primary amides is 5. The molecule has 0 saturated carbocycles. The zero-order valence-corrected chi connectivity index (χ0v) is 82.0. The Kier molecular flexibility index (Phi) is 48.0. The highest BCUT2D eigenvalue weighted by Crippen LogP contribution is 2.27. The number of hydrogen-bond acceptors (Lipinski definition) is 27. The van der Waals surface area contributed by atoms with Crippen LogP contribution in [-0.2, 0) is 131 Å². The molecule has 4 bridgehead atoms. The molecule has 3 aromatic carbocycles. The largest absolute Gasteiger partial charge is 0.370 e. The summed E-state index contributed by atoms with van der Waals surface area (Å²) in [6.07, 6.45) is -3.06. The molecule has 1 aromatic heterocycles. The van der Waals surface area contributed by atoms with Crippen LogP contribution in [0.5, 0.6) is 0 Å². The maximum atomic E-state index is 15.6. The van der Waals surface area contributed by atoms with Gasteiger partial charge in [-0.1, -0.05) is 108 Å². The van der Waals surface area contributed by atoms with Gasteiger partial charge in [0.25, 0.3) is 0 Å². The number of aromatic nitrogens is 1. The fourth-order valence-corrected chi connectivity index (χ4v) is 17.7. The first-order chi connectivity index (χ1) is 66.7. The van der Waals surface area contributed by atoms with Gasteiger partial charge in [-0.2, -0.15) is 35.3 Å². The van der Waals surface area contributed by atoms with Gasteiger partial charge < -0.3 is 141 Å². The fourth-order valence-electron chi connectivity index (χ4n) is 14.7. The number of thioether (sulfide) groups is 3. The van der Waals surface area contributed by atoms with Crippen LogP contribution in [0.25, 0.3) is 10.9 Å². The fraction of sp³-hybridized carbons (Fsp3) is 0.533. The molecule has 0 aliphatic carbocycles. The number of para-hydroxylation sites is 1. The van der Waals surface area contributed by atoms with Crippen molar-refractivity contribution in [2.75, 3.05) is 43.4 Å². The second-order valence-corrected chi connectivity index (χ2v) is 38.3. The van der Waals surface area contributed by atoms with Crippen LogP contribution < -0.4 is 136 Å².